The lowest BCUT2D eigenvalue weighted by Crippen LogP contribution is -2.23. The van der Waals surface area contributed by atoms with Crippen molar-refractivity contribution in [3.05, 3.63) is 53.6 Å². The molecule has 0 aliphatic heterocycles. The molecule has 1 heterocycles. The fraction of sp³-hybridized carbons (Fsp3) is 0.300. The molecule has 1 aliphatic rings. The van der Waals surface area contributed by atoms with E-state index in [-0.39, 0.29) is 0 Å². The van der Waals surface area contributed by atoms with E-state index in [9.17, 15) is 0 Å². The van der Waals surface area contributed by atoms with Crippen molar-refractivity contribution in [2.24, 2.45) is 0 Å². The van der Waals surface area contributed by atoms with Gasteiger partial charge in [0.2, 0.25) is 0 Å². The highest BCUT2D eigenvalue weighted by atomic mass is 35.5. The van der Waals surface area contributed by atoms with E-state index in [4.69, 9.17) is 21.6 Å². The molecule has 0 amide bonds. The number of fused-ring (bicyclic) bond motifs is 1. The first-order valence-corrected chi connectivity index (χ1v) is 8.97. The van der Waals surface area contributed by atoms with Gasteiger partial charge in [-0.15, -0.1) is 0 Å². The molecule has 1 aliphatic carbocycles. The molecule has 24 heavy (non-hydrogen) atoms. The van der Waals surface area contributed by atoms with Crippen LogP contribution in [0.25, 0.3) is 22.3 Å². The smallest absolute Gasteiger partial charge is 0.162 e. The van der Waals surface area contributed by atoms with E-state index in [1.165, 1.54) is 32.1 Å². The zero-order chi connectivity index (χ0) is 16.4. The zero-order valence-corrected chi connectivity index (χ0v) is 14.3. The van der Waals surface area contributed by atoms with E-state index in [1.54, 1.807) is 0 Å². The van der Waals surface area contributed by atoms with Crippen LogP contribution < -0.4 is 5.32 Å². The molecule has 1 saturated carbocycles. The molecule has 0 saturated heterocycles. The molecule has 0 unspecified atom stereocenters. The van der Waals surface area contributed by atoms with Crippen LogP contribution in [0.1, 0.15) is 32.1 Å². The summed E-state index contributed by atoms with van der Waals surface area (Å²) in [5, 5.41) is 5.36. The summed E-state index contributed by atoms with van der Waals surface area (Å²) in [4.78, 5) is 9.56. The predicted molar refractivity (Wildman–Crippen MR) is 100 cm³/mol. The molecular formula is C20H20ClN3. The van der Waals surface area contributed by atoms with Gasteiger partial charge in [0.05, 0.1) is 5.52 Å². The van der Waals surface area contributed by atoms with Gasteiger partial charge in [-0.05, 0) is 31.0 Å². The molecule has 1 fully saturated rings. The summed E-state index contributed by atoms with van der Waals surface area (Å²) in [7, 11) is 0. The molecule has 4 heteroatoms. The second kappa shape index (κ2) is 6.78. The van der Waals surface area contributed by atoms with Gasteiger partial charge < -0.3 is 5.32 Å². The molecule has 1 aromatic heterocycles. The normalized spacial score (nSPS) is 15.5. The molecule has 0 atom stereocenters. The largest absolute Gasteiger partial charge is 0.367 e. The molecule has 0 bridgehead atoms. The summed E-state index contributed by atoms with van der Waals surface area (Å²) >= 11 is 6.21. The van der Waals surface area contributed by atoms with Crippen molar-refractivity contribution in [2.75, 3.05) is 5.32 Å². The average molecular weight is 338 g/mol. The monoisotopic (exact) mass is 337 g/mol. The standard InChI is InChI=1S/C20H20ClN3/c21-15-11-12-18-17(13-15)20(22-16-9-5-2-6-10-16)24-19(23-18)14-7-3-1-4-8-14/h1,3-4,7-8,11-13,16H,2,5-6,9-10H2,(H,22,23,24). The molecule has 4 rings (SSSR count). The Hall–Kier alpha value is -2.13. The van der Waals surface area contributed by atoms with Crippen LogP contribution in [0.2, 0.25) is 5.02 Å². The van der Waals surface area contributed by atoms with Gasteiger partial charge >= 0.3 is 0 Å². The molecule has 3 aromatic rings. The first-order valence-electron chi connectivity index (χ1n) is 8.59. The van der Waals surface area contributed by atoms with E-state index in [0.29, 0.717) is 11.1 Å². The summed E-state index contributed by atoms with van der Waals surface area (Å²) in [5.74, 6) is 1.65. The Labute approximate surface area is 147 Å². The van der Waals surface area contributed by atoms with Crippen LogP contribution in [0.3, 0.4) is 0 Å². The maximum atomic E-state index is 6.21. The number of anilines is 1. The zero-order valence-electron chi connectivity index (χ0n) is 13.5. The first-order chi connectivity index (χ1) is 11.8. The number of hydrogen-bond acceptors (Lipinski definition) is 3. The van der Waals surface area contributed by atoms with Crippen molar-refractivity contribution in [3.63, 3.8) is 0 Å². The third-order valence-corrected chi connectivity index (χ3v) is 4.87. The van der Waals surface area contributed by atoms with Crippen molar-refractivity contribution in [2.45, 2.75) is 38.1 Å². The van der Waals surface area contributed by atoms with Crippen molar-refractivity contribution in [3.8, 4) is 11.4 Å². The Bertz CT molecular complexity index is 842. The van der Waals surface area contributed by atoms with E-state index < -0.39 is 0 Å². The fourth-order valence-electron chi connectivity index (χ4n) is 3.37. The van der Waals surface area contributed by atoms with Gasteiger partial charge in [-0.2, -0.15) is 0 Å². The van der Waals surface area contributed by atoms with Gasteiger partial charge in [0.25, 0.3) is 0 Å². The predicted octanol–water partition coefficient (Wildman–Crippen LogP) is 5.69. The van der Waals surface area contributed by atoms with Crippen LogP contribution >= 0.6 is 11.6 Å². The Morgan fingerprint density at radius 2 is 1.71 bits per heavy atom. The van der Waals surface area contributed by atoms with Gasteiger partial charge in [0, 0.05) is 22.0 Å². The second-order valence-corrected chi connectivity index (χ2v) is 6.84. The summed E-state index contributed by atoms with van der Waals surface area (Å²) in [6.45, 7) is 0. The van der Waals surface area contributed by atoms with Crippen LogP contribution in [-0.2, 0) is 0 Å². The highest BCUT2D eigenvalue weighted by Crippen LogP contribution is 2.29. The van der Waals surface area contributed by atoms with Gasteiger partial charge in [-0.25, -0.2) is 9.97 Å². The Kier molecular flexibility index (Phi) is 4.35. The summed E-state index contributed by atoms with van der Waals surface area (Å²) in [5.41, 5.74) is 1.95. The molecule has 1 N–H and O–H groups in total. The topological polar surface area (TPSA) is 37.8 Å². The SMILES string of the molecule is Clc1ccc2nc(-c3ccccc3)nc(NC3CCCCC3)c2c1. The van der Waals surface area contributed by atoms with Crippen LogP contribution in [0.4, 0.5) is 5.82 Å². The molecule has 3 nitrogen and oxygen atoms in total. The maximum Gasteiger partial charge on any atom is 0.162 e. The van der Waals surface area contributed by atoms with Crippen molar-refractivity contribution < 1.29 is 0 Å². The number of benzene rings is 2. The third-order valence-electron chi connectivity index (χ3n) is 4.64. The van der Waals surface area contributed by atoms with Crippen LogP contribution in [-0.4, -0.2) is 16.0 Å². The summed E-state index contributed by atoms with van der Waals surface area (Å²) < 4.78 is 0. The highest BCUT2D eigenvalue weighted by molar-refractivity contribution is 6.31. The van der Waals surface area contributed by atoms with Crippen LogP contribution in [0.15, 0.2) is 48.5 Å². The minimum Gasteiger partial charge on any atom is -0.367 e. The molecule has 0 spiro atoms. The Morgan fingerprint density at radius 3 is 2.50 bits per heavy atom. The quantitative estimate of drug-likeness (QED) is 0.666. The van der Waals surface area contributed by atoms with Crippen molar-refractivity contribution >= 4 is 28.3 Å². The Morgan fingerprint density at radius 1 is 0.917 bits per heavy atom. The highest BCUT2D eigenvalue weighted by Gasteiger charge is 2.16. The molecule has 0 radical (unpaired) electrons. The maximum absolute atomic E-state index is 6.21. The first kappa shape index (κ1) is 15.4. The lowest BCUT2D eigenvalue weighted by atomic mass is 9.95. The minimum atomic E-state index is 0.486. The number of halogens is 1. The van der Waals surface area contributed by atoms with E-state index in [1.807, 2.05) is 48.5 Å². The van der Waals surface area contributed by atoms with E-state index >= 15 is 0 Å². The number of hydrogen-bond donors (Lipinski definition) is 1. The second-order valence-electron chi connectivity index (χ2n) is 6.40. The lowest BCUT2D eigenvalue weighted by Gasteiger charge is -2.24. The van der Waals surface area contributed by atoms with Crippen LogP contribution in [0, 0.1) is 0 Å². The Balaban J connectivity index is 1.80. The average Bonchev–Trinajstić information content (AvgIpc) is 2.63. The number of nitrogens with zero attached hydrogens (tertiary/aromatic N) is 2. The third kappa shape index (κ3) is 3.22. The number of nitrogens with one attached hydrogen (secondary N) is 1. The lowest BCUT2D eigenvalue weighted by molar-refractivity contribution is 0.462. The number of rotatable bonds is 3. The van der Waals surface area contributed by atoms with Crippen molar-refractivity contribution in [1.29, 1.82) is 0 Å². The summed E-state index contributed by atoms with van der Waals surface area (Å²) in [6, 6.07) is 16.4. The van der Waals surface area contributed by atoms with Gasteiger partial charge in [0.1, 0.15) is 5.82 Å². The minimum absolute atomic E-state index is 0.486. The fourth-order valence-corrected chi connectivity index (χ4v) is 3.54. The molecular weight excluding hydrogens is 318 g/mol. The van der Waals surface area contributed by atoms with Gasteiger partial charge in [-0.3, -0.25) is 0 Å². The summed E-state index contributed by atoms with van der Waals surface area (Å²) in [6.07, 6.45) is 6.31. The molecule has 122 valence electrons. The van der Waals surface area contributed by atoms with Crippen LogP contribution in [0.5, 0.6) is 0 Å². The van der Waals surface area contributed by atoms with E-state index in [2.05, 4.69) is 5.32 Å². The van der Waals surface area contributed by atoms with Crippen molar-refractivity contribution in [1.82, 2.24) is 9.97 Å². The number of aromatic nitrogens is 2. The van der Waals surface area contributed by atoms with Gasteiger partial charge in [-0.1, -0.05) is 61.2 Å². The van der Waals surface area contributed by atoms with E-state index in [0.717, 1.165) is 28.1 Å². The molecule has 2 aromatic carbocycles. The van der Waals surface area contributed by atoms with Gasteiger partial charge in [0.15, 0.2) is 5.82 Å².